The molecule has 0 unspecified atom stereocenters. The average Bonchev–Trinajstić information content (AvgIpc) is 1.55. The van der Waals surface area contributed by atoms with E-state index in [1.54, 1.807) is 0 Å². The van der Waals surface area contributed by atoms with Crippen molar-refractivity contribution < 1.29 is 8.78 Å². The monoisotopic (exact) mass is 165 g/mol. The first-order chi connectivity index (χ1) is 4.71. The van der Waals surface area contributed by atoms with E-state index >= 15 is 0 Å². The molecular weight excluding hydrogens is 148 g/mol. The Kier molecular flexibility index (Phi) is 3.42. The number of hydrogen-bond donors (Lipinski definition) is 1. The average molecular weight is 165 g/mol. The molecule has 0 aromatic carbocycles. The minimum atomic E-state index is -1.26. The zero-order valence-electron chi connectivity index (χ0n) is 7.67. The fourth-order valence-electron chi connectivity index (χ4n) is 0.657. The maximum absolute atomic E-state index is 12.8. The van der Waals surface area contributed by atoms with Crippen molar-refractivity contribution in [3.8, 4) is 0 Å². The molecule has 3 heteroatoms. The van der Waals surface area contributed by atoms with Gasteiger partial charge in [-0.3, -0.25) is 0 Å². The molecule has 0 aliphatic heterocycles. The molecule has 0 amide bonds. The topological polar surface area (TPSA) is 12.0 Å². The van der Waals surface area contributed by atoms with Gasteiger partial charge in [0, 0.05) is 13.1 Å². The van der Waals surface area contributed by atoms with Gasteiger partial charge in [-0.25, -0.2) is 8.78 Å². The lowest BCUT2D eigenvalue weighted by atomic mass is 10.1. The van der Waals surface area contributed by atoms with Gasteiger partial charge in [-0.1, -0.05) is 0 Å². The van der Waals surface area contributed by atoms with Crippen LogP contribution in [0.25, 0.3) is 0 Å². The molecule has 0 bridgehead atoms. The summed E-state index contributed by atoms with van der Waals surface area (Å²) in [7, 11) is 0. The van der Waals surface area contributed by atoms with Crippen LogP contribution >= 0.6 is 0 Å². The van der Waals surface area contributed by atoms with Gasteiger partial charge < -0.3 is 5.32 Å². The summed E-state index contributed by atoms with van der Waals surface area (Å²) in [6, 6.07) is 0. The first kappa shape index (κ1) is 10.8. The van der Waals surface area contributed by atoms with E-state index in [1.165, 1.54) is 27.7 Å². The lowest BCUT2D eigenvalue weighted by Gasteiger charge is -2.19. The number of hydrogen-bond acceptors (Lipinski definition) is 1. The Labute approximate surface area is 67.2 Å². The van der Waals surface area contributed by atoms with E-state index in [4.69, 9.17) is 0 Å². The van der Waals surface area contributed by atoms with Gasteiger partial charge in [0.1, 0.15) is 11.3 Å². The molecule has 0 aliphatic carbocycles. The molecule has 11 heavy (non-hydrogen) atoms. The van der Waals surface area contributed by atoms with Gasteiger partial charge in [0.25, 0.3) is 0 Å². The van der Waals surface area contributed by atoms with Crippen LogP contribution in [0.3, 0.4) is 0 Å². The van der Waals surface area contributed by atoms with Crippen LogP contribution in [-0.2, 0) is 0 Å². The highest BCUT2D eigenvalue weighted by molar-refractivity contribution is 4.74. The molecule has 0 saturated carbocycles. The highest BCUT2D eigenvalue weighted by Gasteiger charge is 2.19. The second kappa shape index (κ2) is 3.48. The zero-order valence-corrected chi connectivity index (χ0v) is 7.67. The van der Waals surface area contributed by atoms with Gasteiger partial charge in [0.05, 0.1) is 0 Å². The quantitative estimate of drug-likeness (QED) is 0.672. The number of alkyl halides is 2. The molecule has 0 saturated heterocycles. The Morgan fingerprint density at radius 2 is 1.18 bits per heavy atom. The van der Waals surface area contributed by atoms with Crippen LogP contribution in [-0.4, -0.2) is 24.4 Å². The Hall–Kier alpha value is -0.180. The summed E-state index contributed by atoms with van der Waals surface area (Å²) in [4.78, 5) is 0. The van der Waals surface area contributed by atoms with Crippen molar-refractivity contribution in [1.29, 1.82) is 0 Å². The summed E-state index contributed by atoms with van der Waals surface area (Å²) in [5.41, 5.74) is -2.52. The Balaban J connectivity index is 3.44. The third-order valence-corrected chi connectivity index (χ3v) is 1.09. The molecule has 0 radical (unpaired) electrons. The van der Waals surface area contributed by atoms with Gasteiger partial charge >= 0.3 is 0 Å². The fraction of sp³-hybridized carbons (Fsp3) is 1.00. The van der Waals surface area contributed by atoms with E-state index in [-0.39, 0.29) is 13.1 Å². The van der Waals surface area contributed by atoms with Crippen LogP contribution in [0, 0.1) is 0 Å². The second-order valence-electron chi connectivity index (χ2n) is 4.04. The Morgan fingerprint density at radius 1 is 0.909 bits per heavy atom. The van der Waals surface area contributed by atoms with Crippen molar-refractivity contribution in [2.24, 2.45) is 0 Å². The summed E-state index contributed by atoms with van der Waals surface area (Å²) in [5.74, 6) is 0. The molecule has 0 fully saturated rings. The highest BCUT2D eigenvalue weighted by Crippen LogP contribution is 2.08. The van der Waals surface area contributed by atoms with E-state index < -0.39 is 11.3 Å². The lowest BCUT2D eigenvalue weighted by Crippen LogP contribution is -2.38. The van der Waals surface area contributed by atoms with Crippen LogP contribution in [0.15, 0.2) is 0 Å². The van der Waals surface area contributed by atoms with Crippen molar-refractivity contribution in [1.82, 2.24) is 5.32 Å². The van der Waals surface area contributed by atoms with Crippen LogP contribution in [0.2, 0.25) is 0 Å². The minimum Gasteiger partial charge on any atom is -0.310 e. The molecule has 1 nitrogen and oxygen atoms in total. The molecule has 0 atom stereocenters. The first-order valence-electron chi connectivity index (χ1n) is 3.79. The van der Waals surface area contributed by atoms with Crippen LogP contribution in [0.4, 0.5) is 8.78 Å². The predicted molar refractivity (Wildman–Crippen MR) is 43.2 cm³/mol. The Bertz CT molecular complexity index is 96.2. The molecule has 0 heterocycles. The predicted octanol–water partition coefficient (Wildman–Crippen LogP) is 2.07. The molecule has 0 aromatic rings. The van der Waals surface area contributed by atoms with Crippen molar-refractivity contribution in [3.05, 3.63) is 0 Å². The number of rotatable bonds is 4. The van der Waals surface area contributed by atoms with E-state index in [2.05, 4.69) is 5.32 Å². The van der Waals surface area contributed by atoms with Gasteiger partial charge in [-0.15, -0.1) is 0 Å². The lowest BCUT2D eigenvalue weighted by molar-refractivity contribution is 0.174. The van der Waals surface area contributed by atoms with E-state index in [0.717, 1.165) is 0 Å². The van der Waals surface area contributed by atoms with E-state index in [0.29, 0.717) is 0 Å². The number of halogens is 2. The summed E-state index contributed by atoms with van der Waals surface area (Å²) in [6.07, 6.45) is 0. The summed E-state index contributed by atoms with van der Waals surface area (Å²) >= 11 is 0. The maximum Gasteiger partial charge on any atom is 0.117 e. The highest BCUT2D eigenvalue weighted by atomic mass is 19.1. The van der Waals surface area contributed by atoms with Crippen LogP contribution in [0.1, 0.15) is 27.7 Å². The van der Waals surface area contributed by atoms with Crippen molar-refractivity contribution in [2.45, 2.75) is 39.0 Å². The number of nitrogens with one attached hydrogen (secondary N) is 1. The van der Waals surface area contributed by atoms with Gasteiger partial charge in [-0.2, -0.15) is 0 Å². The fourth-order valence-corrected chi connectivity index (χ4v) is 0.657. The molecule has 0 aromatic heterocycles. The molecule has 0 spiro atoms. The van der Waals surface area contributed by atoms with Crippen molar-refractivity contribution >= 4 is 0 Å². The molecule has 68 valence electrons. The van der Waals surface area contributed by atoms with Crippen LogP contribution < -0.4 is 5.32 Å². The third kappa shape index (κ3) is 9.82. The Morgan fingerprint density at radius 3 is 1.36 bits per heavy atom. The first-order valence-corrected chi connectivity index (χ1v) is 3.79. The van der Waals surface area contributed by atoms with Gasteiger partial charge in [-0.05, 0) is 27.7 Å². The molecule has 0 aliphatic rings. The molecular formula is C8H17F2N. The van der Waals surface area contributed by atoms with Gasteiger partial charge in [0.2, 0.25) is 0 Å². The van der Waals surface area contributed by atoms with Gasteiger partial charge in [0.15, 0.2) is 0 Å². The maximum atomic E-state index is 12.8. The minimum absolute atomic E-state index is 0.195. The standard InChI is InChI=1S/C8H17F2N/c1-7(2,9)5-11-6-8(3,4)10/h11H,5-6H2,1-4H3. The molecule has 1 N–H and O–H groups in total. The summed E-state index contributed by atoms with van der Waals surface area (Å²) < 4.78 is 25.6. The van der Waals surface area contributed by atoms with E-state index in [9.17, 15) is 8.78 Å². The van der Waals surface area contributed by atoms with Crippen molar-refractivity contribution in [2.75, 3.05) is 13.1 Å². The third-order valence-electron chi connectivity index (χ3n) is 1.09. The summed E-state index contributed by atoms with van der Waals surface area (Å²) in [6.45, 7) is 6.24. The summed E-state index contributed by atoms with van der Waals surface area (Å²) in [5, 5.41) is 2.72. The zero-order chi connectivity index (χ0) is 9.12. The van der Waals surface area contributed by atoms with E-state index in [1.807, 2.05) is 0 Å². The smallest absolute Gasteiger partial charge is 0.117 e. The SMILES string of the molecule is CC(C)(F)CNCC(C)(C)F. The normalized spacial score (nSPS) is 13.6. The van der Waals surface area contributed by atoms with Crippen molar-refractivity contribution in [3.63, 3.8) is 0 Å². The largest absolute Gasteiger partial charge is 0.310 e. The van der Waals surface area contributed by atoms with Crippen LogP contribution in [0.5, 0.6) is 0 Å². The second-order valence-corrected chi connectivity index (χ2v) is 4.04. The molecule has 0 rings (SSSR count).